The van der Waals surface area contributed by atoms with Crippen molar-refractivity contribution in [2.75, 3.05) is 13.2 Å². The minimum absolute atomic E-state index is 0.0213. The van der Waals surface area contributed by atoms with Crippen molar-refractivity contribution in [2.24, 2.45) is 0 Å². The summed E-state index contributed by atoms with van der Waals surface area (Å²) in [5.41, 5.74) is 1.17. The summed E-state index contributed by atoms with van der Waals surface area (Å²) in [4.78, 5) is 11.8. The lowest BCUT2D eigenvalue weighted by molar-refractivity contribution is -0.123. The van der Waals surface area contributed by atoms with Crippen molar-refractivity contribution in [3.05, 3.63) is 29.8 Å². The van der Waals surface area contributed by atoms with E-state index in [1.807, 2.05) is 18.2 Å². The average Bonchev–Trinajstić information content (AvgIpc) is 2.98. The van der Waals surface area contributed by atoms with Crippen molar-refractivity contribution in [1.29, 1.82) is 0 Å². The Hall–Kier alpha value is -1.55. The van der Waals surface area contributed by atoms with Crippen LogP contribution in [0.4, 0.5) is 0 Å². The van der Waals surface area contributed by atoms with E-state index >= 15 is 0 Å². The molecule has 2 N–H and O–H groups in total. The zero-order valence-electron chi connectivity index (χ0n) is 13.0. The van der Waals surface area contributed by atoms with Crippen LogP contribution in [0.5, 0.6) is 5.75 Å². The van der Waals surface area contributed by atoms with Crippen LogP contribution in [-0.4, -0.2) is 25.1 Å². The quantitative estimate of drug-likeness (QED) is 0.812. The highest BCUT2D eigenvalue weighted by molar-refractivity contribution is 5.77. The van der Waals surface area contributed by atoms with Crippen LogP contribution in [0.15, 0.2) is 24.3 Å². The first-order valence-electron chi connectivity index (χ1n) is 7.94. The van der Waals surface area contributed by atoms with Gasteiger partial charge in [0.15, 0.2) is 6.61 Å². The maximum Gasteiger partial charge on any atom is 0.258 e. The third kappa shape index (κ3) is 5.05. The van der Waals surface area contributed by atoms with Gasteiger partial charge in [0.25, 0.3) is 5.91 Å². The predicted molar refractivity (Wildman–Crippen MR) is 84.4 cm³/mol. The van der Waals surface area contributed by atoms with Crippen molar-refractivity contribution in [2.45, 2.75) is 51.6 Å². The van der Waals surface area contributed by atoms with Crippen molar-refractivity contribution < 1.29 is 9.53 Å². The molecule has 1 aromatic carbocycles. The molecular weight excluding hydrogens is 264 g/mol. The second kappa shape index (κ2) is 8.03. The standard InChI is InChI=1S/C17H26N2O2/c1-3-18-13(2)14-7-6-10-16(11-14)21-12-17(20)19-15-8-4-5-9-15/h6-7,10-11,13,15,18H,3-5,8-9,12H2,1-2H3,(H,19,20). The molecule has 0 heterocycles. The van der Waals surface area contributed by atoms with E-state index in [9.17, 15) is 4.79 Å². The Kier molecular flexibility index (Phi) is 6.05. The Balaban J connectivity index is 1.82. The molecule has 21 heavy (non-hydrogen) atoms. The van der Waals surface area contributed by atoms with Crippen LogP contribution >= 0.6 is 0 Å². The zero-order chi connectivity index (χ0) is 15.1. The SMILES string of the molecule is CCNC(C)c1cccc(OCC(=O)NC2CCCC2)c1. The molecule has 1 aromatic rings. The molecule has 0 aliphatic heterocycles. The fourth-order valence-electron chi connectivity index (χ4n) is 2.79. The van der Waals surface area contributed by atoms with Gasteiger partial charge >= 0.3 is 0 Å². The van der Waals surface area contributed by atoms with Gasteiger partial charge in [-0.3, -0.25) is 4.79 Å². The van der Waals surface area contributed by atoms with Crippen LogP contribution < -0.4 is 15.4 Å². The van der Waals surface area contributed by atoms with Crippen LogP contribution in [0.2, 0.25) is 0 Å². The minimum atomic E-state index is -0.0213. The molecular formula is C17H26N2O2. The highest BCUT2D eigenvalue weighted by Crippen LogP contribution is 2.19. The third-order valence-electron chi connectivity index (χ3n) is 3.96. The second-order valence-electron chi connectivity index (χ2n) is 5.69. The molecule has 1 unspecified atom stereocenters. The molecule has 0 bridgehead atoms. The topological polar surface area (TPSA) is 50.4 Å². The van der Waals surface area contributed by atoms with Crippen LogP contribution in [0.3, 0.4) is 0 Å². The highest BCUT2D eigenvalue weighted by atomic mass is 16.5. The Morgan fingerprint density at radius 1 is 1.38 bits per heavy atom. The van der Waals surface area contributed by atoms with Gasteiger partial charge in [-0.2, -0.15) is 0 Å². The number of rotatable bonds is 7. The van der Waals surface area contributed by atoms with Gasteiger partial charge in [0.2, 0.25) is 0 Å². The van der Waals surface area contributed by atoms with Gasteiger partial charge in [0.05, 0.1) is 0 Å². The number of hydrogen-bond acceptors (Lipinski definition) is 3. The maximum atomic E-state index is 11.8. The molecule has 1 fully saturated rings. The number of benzene rings is 1. The minimum Gasteiger partial charge on any atom is -0.484 e. The fraction of sp³-hybridized carbons (Fsp3) is 0.588. The number of carbonyl (C=O) groups is 1. The van der Waals surface area contributed by atoms with Crippen LogP contribution in [0, 0.1) is 0 Å². The first kappa shape index (κ1) is 15.8. The van der Waals surface area contributed by atoms with Gasteiger partial charge in [0.1, 0.15) is 5.75 Å². The molecule has 0 saturated heterocycles. The Morgan fingerprint density at radius 2 is 2.14 bits per heavy atom. The maximum absolute atomic E-state index is 11.8. The third-order valence-corrected chi connectivity index (χ3v) is 3.96. The van der Waals surface area contributed by atoms with Crippen LogP contribution in [-0.2, 0) is 4.79 Å². The highest BCUT2D eigenvalue weighted by Gasteiger charge is 2.17. The smallest absolute Gasteiger partial charge is 0.258 e. The lowest BCUT2D eigenvalue weighted by atomic mass is 10.1. The van der Waals surface area contributed by atoms with Crippen molar-refractivity contribution in [3.8, 4) is 5.75 Å². The Morgan fingerprint density at radius 3 is 2.86 bits per heavy atom. The van der Waals surface area contributed by atoms with E-state index in [1.54, 1.807) is 0 Å². The Labute approximate surface area is 127 Å². The van der Waals surface area contributed by atoms with E-state index in [0.717, 1.165) is 25.1 Å². The molecule has 4 nitrogen and oxygen atoms in total. The van der Waals surface area contributed by atoms with Crippen molar-refractivity contribution in [3.63, 3.8) is 0 Å². The van der Waals surface area contributed by atoms with Gasteiger partial charge in [-0.15, -0.1) is 0 Å². The summed E-state index contributed by atoms with van der Waals surface area (Å²) < 4.78 is 5.61. The number of amides is 1. The molecule has 0 aromatic heterocycles. The lowest BCUT2D eigenvalue weighted by Gasteiger charge is -2.15. The summed E-state index contributed by atoms with van der Waals surface area (Å²) in [6.45, 7) is 5.23. The normalized spacial score (nSPS) is 16.7. The molecule has 4 heteroatoms. The molecule has 1 aliphatic rings. The van der Waals surface area contributed by atoms with E-state index in [1.165, 1.54) is 18.4 Å². The number of carbonyl (C=O) groups excluding carboxylic acids is 1. The van der Waals surface area contributed by atoms with E-state index < -0.39 is 0 Å². The van der Waals surface area contributed by atoms with Crippen molar-refractivity contribution >= 4 is 5.91 Å². The largest absolute Gasteiger partial charge is 0.484 e. The molecule has 0 spiro atoms. The molecule has 1 atom stereocenters. The van der Waals surface area contributed by atoms with Crippen LogP contribution in [0.25, 0.3) is 0 Å². The molecule has 1 saturated carbocycles. The Bertz CT molecular complexity index is 456. The number of nitrogens with one attached hydrogen (secondary N) is 2. The first-order chi connectivity index (χ1) is 10.2. The van der Waals surface area contributed by atoms with Gasteiger partial charge in [-0.05, 0) is 44.0 Å². The molecule has 0 radical (unpaired) electrons. The summed E-state index contributed by atoms with van der Waals surface area (Å²) >= 11 is 0. The van der Waals surface area contributed by atoms with Crippen molar-refractivity contribution in [1.82, 2.24) is 10.6 Å². The zero-order valence-corrected chi connectivity index (χ0v) is 13.0. The number of ether oxygens (including phenoxy) is 1. The molecule has 1 amide bonds. The predicted octanol–water partition coefficient (Wildman–Crippen LogP) is 2.79. The monoisotopic (exact) mass is 290 g/mol. The molecule has 116 valence electrons. The van der Waals surface area contributed by atoms with E-state index in [4.69, 9.17) is 4.74 Å². The van der Waals surface area contributed by atoms with E-state index in [-0.39, 0.29) is 18.6 Å². The van der Waals surface area contributed by atoms with Gasteiger partial charge in [0, 0.05) is 12.1 Å². The fourth-order valence-corrected chi connectivity index (χ4v) is 2.79. The summed E-state index contributed by atoms with van der Waals surface area (Å²) in [6.07, 6.45) is 4.63. The first-order valence-corrected chi connectivity index (χ1v) is 7.94. The van der Waals surface area contributed by atoms with E-state index in [2.05, 4.69) is 30.5 Å². The van der Waals surface area contributed by atoms with Gasteiger partial charge in [-0.25, -0.2) is 0 Å². The lowest BCUT2D eigenvalue weighted by Crippen LogP contribution is -2.36. The number of hydrogen-bond donors (Lipinski definition) is 2. The molecule has 2 rings (SSSR count). The van der Waals surface area contributed by atoms with Crippen LogP contribution in [0.1, 0.15) is 51.1 Å². The average molecular weight is 290 g/mol. The molecule has 1 aliphatic carbocycles. The van der Waals surface area contributed by atoms with Gasteiger partial charge < -0.3 is 15.4 Å². The van der Waals surface area contributed by atoms with E-state index in [0.29, 0.717) is 6.04 Å². The summed E-state index contributed by atoms with van der Waals surface area (Å²) in [5.74, 6) is 0.728. The van der Waals surface area contributed by atoms with Gasteiger partial charge in [-0.1, -0.05) is 31.9 Å². The summed E-state index contributed by atoms with van der Waals surface area (Å²) in [6, 6.07) is 8.56. The summed E-state index contributed by atoms with van der Waals surface area (Å²) in [5, 5.41) is 6.40. The second-order valence-corrected chi connectivity index (χ2v) is 5.69. The summed E-state index contributed by atoms with van der Waals surface area (Å²) in [7, 11) is 0.